The zero-order chi connectivity index (χ0) is 15.9. The highest BCUT2D eigenvalue weighted by Crippen LogP contribution is 2.15. The molecule has 1 aromatic rings. The van der Waals surface area contributed by atoms with Gasteiger partial charge in [-0.25, -0.2) is 4.98 Å². The second-order valence-corrected chi connectivity index (χ2v) is 6.15. The number of hydrogen-bond acceptors (Lipinski definition) is 5. The lowest BCUT2D eigenvalue weighted by Gasteiger charge is -2.19. The van der Waals surface area contributed by atoms with Crippen molar-refractivity contribution in [3.63, 3.8) is 0 Å². The Kier molecular flexibility index (Phi) is 6.62. The van der Waals surface area contributed by atoms with Crippen molar-refractivity contribution < 1.29 is 14.3 Å². The summed E-state index contributed by atoms with van der Waals surface area (Å²) in [6, 6.07) is 3.84. The molecule has 0 saturated carbocycles. The minimum Gasteiger partial charge on any atom is -0.475 e. The monoisotopic (exact) mass is 294 g/mol. The normalized spacial score (nSPS) is 11.5. The summed E-state index contributed by atoms with van der Waals surface area (Å²) in [5.74, 6) is 0.442. The van der Waals surface area contributed by atoms with Gasteiger partial charge in [-0.2, -0.15) is 0 Å². The Morgan fingerprint density at radius 2 is 2.10 bits per heavy atom. The van der Waals surface area contributed by atoms with Gasteiger partial charge in [0.15, 0.2) is 0 Å². The third-order valence-electron chi connectivity index (χ3n) is 2.44. The molecule has 1 rings (SSSR count). The maximum absolute atomic E-state index is 11.6. The van der Waals surface area contributed by atoms with E-state index in [2.05, 4.69) is 10.3 Å². The molecule has 0 bridgehead atoms. The van der Waals surface area contributed by atoms with E-state index in [1.807, 2.05) is 46.8 Å². The number of pyridine rings is 1. The third kappa shape index (κ3) is 7.66. The first kappa shape index (κ1) is 17.4. The average molecular weight is 294 g/mol. The first-order valence-electron chi connectivity index (χ1n) is 7.31. The summed E-state index contributed by atoms with van der Waals surface area (Å²) in [5, 5.41) is 3.21. The van der Waals surface area contributed by atoms with Crippen LogP contribution >= 0.6 is 0 Å². The number of esters is 1. The van der Waals surface area contributed by atoms with Gasteiger partial charge in [0.25, 0.3) is 0 Å². The molecule has 0 spiro atoms. The van der Waals surface area contributed by atoms with Crippen molar-refractivity contribution in [2.45, 2.75) is 59.3 Å². The lowest BCUT2D eigenvalue weighted by molar-refractivity contribution is -0.154. The average Bonchev–Trinajstić information content (AvgIpc) is 2.33. The van der Waals surface area contributed by atoms with Gasteiger partial charge in [-0.3, -0.25) is 4.79 Å². The maximum atomic E-state index is 11.6. The van der Waals surface area contributed by atoms with E-state index in [4.69, 9.17) is 9.47 Å². The van der Waals surface area contributed by atoms with E-state index in [0.29, 0.717) is 25.4 Å². The largest absolute Gasteiger partial charge is 0.475 e. The molecule has 118 valence electrons. The highest BCUT2D eigenvalue weighted by atomic mass is 16.6. The lowest BCUT2D eigenvalue weighted by atomic mass is 10.2. The van der Waals surface area contributed by atoms with E-state index >= 15 is 0 Å². The van der Waals surface area contributed by atoms with E-state index in [9.17, 15) is 4.79 Å². The third-order valence-corrected chi connectivity index (χ3v) is 2.44. The molecule has 0 aromatic carbocycles. The van der Waals surface area contributed by atoms with Gasteiger partial charge in [0.2, 0.25) is 5.88 Å². The van der Waals surface area contributed by atoms with Crippen LogP contribution in [-0.4, -0.2) is 29.2 Å². The molecule has 5 nitrogen and oxygen atoms in total. The lowest BCUT2D eigenvalue weighted by Crippen LogP contribution is -2.26. The van der Waals surface area contributed by atoms with Gasteiger partial charge in [-0.05, 0) is 40.7 Å². The smallest absolute Gasteiger partial charge is 0.307 e. The van der Waals surface area contributed by atoms with Crippen molar-refractivity contribution >= 4 is 5.97 Å². The molecule has 0 amide bonds. The van der Waals surface area contributed by atoms with E-state index < -0.39 is 5.60 Å². The molecule has 21 heavy (non-hydrogen) atoms. The van der Waals surface area contributed by atoms with Gasteiger partial charge < -0.3 is 14.8 Å². The number of aromatic nitrogens is 1. The predicted molar refractivity (Wildman–Crippen MR) is 82.2 cm³/mol. The second kappa shape index (κ2) is 7.98. The zero-order valence-corrected chi connectivity index (χ0v) is 13.6. The molecule has 0 aliphatic heterocycles. The molecule has 0 radical (unpaired) electrons. The van der Waals surface area contributed by atoms with E-state index in [1.54, 1.807) is 6.20 Å². The number of ether oxygens (including phenoxy) is 2. The first-order chi connectivity index (χ1) is 9.78. The number of carbonyl (C=O) groups excluding carboxylic acids is 1. The molecule has 0 saturated heterocycles. The first-order valence-corrected chi connectivity index (χ1v) is 7.31. The summed E-state index contributed by atoms with van der Waals surface area (Å²) in [7, 11) is 0. The predicted octanol–water partition coefficient (Wildman–Crippen LogP) is 2.69. The maximum Gasteiger partial charge on any atom is 0.307 e. The Balaban J connectivity index is 2.38. The quantitative estimate of drug-likeness (QED) is 0.619. The topological polar surface area (TPSA) is 60.5 Å². The number of nitrogens with zero attached hydrogens (tertiary/aromatic N) is 1. The molecule has 0 unspecified atom stereocenters. The van der Waals surface area contributed by atoms with E-state index in [0.717, 1.165) is 5.56 Å². The SMILES string of the molecule is CC(C)Oc1ncccc1CNCCC(=O)OC(C)(C)C. The standard InChI is InChI=1S/C16H26N2O3/c1-12(2)20-15-13(7-6-9-18-15)11-17-10-8-14(19)21-16(3,4)5/h6-7,9,12,17H,8,10-11H2,1-5H3. The van der Waals surface area contributed by atoms with E-state index in [-0.39, 0.29) is 12.1 Å². The van der Waals surface area contributed by atoms with Gasteiger partial charge in [0.05, 0.1) is 12.5 Å². The van der Waals surface area contributed by atoms with Crippen LogP contribution in [0.3, 0.4) is 0 Å². The summed E-state index contributed by atoms with van der Waals surface area (Å²) in [6.07, 6.45) is 2.14. The molecular weight excluding hydrogens is 268 g/mol. The molecular formula is C16H26N2O3. The molecule has 1 heterocycles. The second-order valence-electron chi connectivity index (χ2n) is 6.15. The Morgan fingerprint density at radius 1 is 1.38 bits per heavy atom. The summed E-state index contributed by atoms with van der Waals surface area (Å²) in [5.41, 5.74) is 0.550. The van der Waals surface area contributed by atoms with Gasteiger partial charge in [0, 0.05) is 24.8 Å². The van der Waals surface area contributed by atoms with Crippen molar-refractivity contribution in [2.75, 3.05) is 6.54 Å². The molecule has 0 atom stereocenters. The van der Waals surface area contributed by atoms with Crippen LogP contribution < -0.4 is 10.1 Å². The van der Waals surface area contributed by atoms with Crippen LogP contribution in [0.1, 0.15) is 46.6 Å². The fraction of sp³-hybridized carbons (Fsp3) is 0.625. The van der Waals surface area contributed by atoms with Crippen LogP contribution in [0.5, 0.6) is 5.88 Å². The van der Waals surface area contributed by atoms with Gasteiger partial charge in [-0.15, -0.1) is 0 Å². The van der Waals surface area contributed by atoms with Crippen LogP contribution in [0.15, 0.2) is 18.3 Å². The molecule has 1 aromatic heterocycles. The summed E-state index contributed by atoms with van der Waals surface area (Å²) < 4.78 is 10.9. The van der Waals surface area contributed by atoms with Crippen molar-refractivity contribution in [3.05, 3.63) is 23.9 Å². The van der Waals surface area contributed by atoms with E-state index in [1.165, 1.54) is 0 Å². The van der Waals surface area contributed by atoms with Crippen LogP contribution in [0.25, 0.3) is 0 Å². The van der Waals surface area contributed by atoms with Crippen LogP contribution in [0.2, 0.25) is 0 Å². The fourth-order valence-electron chi connectivity index (χ4n) is 1.69. The minimum absolute atomic E-state index is 0.0837. The molecule has 0 aliphatic rings. The van der Waals surface area contributed by atoms with Crippen LogP contribution in [0.4, 0.5) is 0 Å². The van der Waals surface area contributed by atoms with Crippen LogP contribution in [0, 0.1) is 0 Å². The summed E-state index contributed by atoms with van der Waals surface area (Å²) in [6.45, 7) is 10.7. The number of carbonyl (C=O) groups is 1. The van der Waals surface area contributed by atoms with Gasteiger partial charge >= 0.3 is 5.97 Å². The fourth-order valence-corrected chi connectivity index (χ4v) is 1.69. The zero-order valence-electron chi connectivity index (χ0n) is 13.6. The number of nitrogens with one attached hydrogen (secondary N) is 1. The number of rotatable bonds is 7. The summed E-state index contributed by atoms with van der Waals surface area (Å²) in [4.78, 5) is 15.8. The Labute approximate surface area is 127 Å². The highest BCUT2D eigenvalue weighted by Gasteiger charge is 2.15. The Hall–Kier alpha value is -1.62. The van der Waals surface area contributed by atoms with Gasteiger partial charge in [-0.1, -0.05) is 6.07 Å². The Morgan fingerprint density at radius 3 is 2.71 bits per heavy atom. The van der Waals surface area contributed by atoms with Crippen molar-refractivity contribution in [1.82, 2.24) is 10.3 Å². The van der Waals surface area contributed by atoms with Crippen LogP contribution in [-0.2, 0) is 16.1 Å². The van der Waals surface area contributed by atoms with Crippen molar-refractivity contribution in [3.8, 4) is 5.88 Å². The summed E-state index contributed by atoms with van der Waals surface area (Å²) >= 11 is 0. The van der Waals surface area contributed by atoms with Crippen molar-refractivity contribution in [2.24, 2.45) is 0 Å². The molecule has 5 heteroatoms. The minimum atomic E-state index is -0.432. The Bertz CT molecular complexity index is 453. The number of hydrogen-bond donors (Lipinski definition) is 1. The van der Waals surface area contributed by atoms with Gasteiger partial charge in [0.1, 0.15) is 5.60 Å². The van der Waals surface area contributed by atoms with Crippen molar-refractivity contribution in [1.29, 1.82) is 0 Å². The molecule has 1 N–H and O–H groups in total. The molecule has 0 fully saturated rings. The molecule has 0 aliphatic carbocycles. The highest BCUT2D eigenvalue weighted by molar-refractivity contribution is 5.70.